The topological polar surface area (TPSA) is 66.5 Å². The lowest BCUT2D eigenvalue weighted by Gasteiger charge is -2.23. The van der Waals surface area contributed by atoms with Crippen molar-refractivity contribution < 1.29 is 17.6 Å². The van der Waals surface area contributed by atoms with Crippen LogP contribution in [-0.2, 0) is 29.4 Å². The molecular weight excluding hydrogens is 463 g/mol. The van der Waals surface area contributed by atoms with Crippen LogP contribution in [0.15, 0.2) is 66.7 Å². The van der Waals surface area contributed by atoms with Gasteiger partial charge in [-0.25, -0.2) is 12.8 Å². The van der Waals surface area contributed by atoms with Gasteiger partial charge in [0.25, 0.3) is 5.91 Å². The normalized spacial score (nSPS) is 14.1. The van der Waals surface area contributed by atoms with Crippen LogP contribution in [0, 0.1) is 5.82 Å². The van der Waals surface area contributed by atoms with Gasteiger partial charge in [0.2, 0.25) is 10.0 Å². The zero-order valence-electron chi connectivity index (χ0n) is 20.1. The first kappa shape index (κ1) is 24.9. The van der Waals surface area contributed by atoms with Crippen molar-refractivity contribution in [2.75, 3.05) is 10.6 Å². The van der Waals surface area contributed by atoms with Crippen LogP contribution < -0.4 is 9.62 Å². The third-order valence-electron chi connectivity index (χ3n) is 6.55. The molecule has 3 aromatic carbocycles. The lowest BCUT2D eigenvalue weighted by Crippen LogP contribution is -2.30. The standard InChI is InChI=1S/C28H31FN2O3S/c1-3-27(24-11-10-21-6-4-5-7-23(21)18-24)30-28(32)22-12-16-26(17-13-22)31(35(2,33)34)19-20-8-14-25(29)15-9-20/h8-18,27H,3-7,19H2,1-2H3,(H,30,32). The lowest BCUT2D eigenvalue weighted by molar-refractivity contribution is 0.0935. The molecular formula is C28H31FN2O3S. The van der Waals surface area contributed by atoms with Gasteiger partial charge in [-0.2, -0.15) is 0 Å². The minimum atomic E-state index is -3.59. The Kier molecular flexibility index (Phi) is 7.55. The monoisotopic (exact) mass is 494 g/mol. The molecule has 0 heterocycles. The third kappa shape index (κ3) is 6.09. The minimum Gasteiger partial charge on any atom is -0.345 e. The number of sulfonamides is 1. The summed E-state index contributed by atoms with van der Waals surface area (Å²) in [6, 6.07) is 18.7. The number of carbonyl (C=O) groups is 1. The van der Waals surface area contributed by atoms with Crippen molar-refractivity contribution in [1.82, 2.24) is 5.32 Å². The number of nitrogens with zero attached hydrogens (tertiary/aromatic N) is 1. The number of rotatable bonds is 8. The van der Waals surface area contributed by atoms with Gasteiger partial charge in [-0.05, 0) is 90.8 Å². The van der Waals surface area contributed by atoms with Crippen LogP contribution in [0.3, 0.4) is 0 Å². The zero-order chi connectivity index (χ0) is 25.0. The molecule has 1 aliphatic carbocycles. The molecule has 0 radical (unpaired) electrons. The fraction of sp³-hybridized carbons (Fsp3) is 0.321. The summed E-state index contributed by atoms with van der Waals surface area (Å²) in [5.41, 5.74) is 5.46. The van der Waals surface area contributed by atoms with Crippen molar-refractivity contribution in [1.29, 1.82) is 0 Å². The fourth-order valence-electron chi connectivity index (χ4n) is 4.57. The first-order chi connectivity index (χ1) is 16.7. The molecule has 0 aromatic heterocycles. The van der Waals surface area contributed by atoms with Crippen molar-refractivity contribution in [2.45, 2.75) is 51.6 Å². The second-order valence-electron chi connectivity index (χ2n) is 9.11. The predicted octanol–water partition coefficient (Wildman–Crippen LogP) is 5.55. The highest BCUT2D eigenvalue weighted by Gasteiger charge is 2.20. The minimum absolute atomic E-state index is 0.0703. The molecule has 1 amide bonds. The molecule has 1 atom stereocenters. The summed E-state index contributed by atoms with van der Waals surface area (Å²) in [5.74, 6) is -0.582. The molecule has 1 unspecified atom stereocenters. The average Bonchev–Trinajstić information content (AvgIpc) is 2.86. The Morgan fingerprint density at radius 2 is 1.63 bits per heavy atom. The van der Waals surface area contributed by atoms with Crippen molar-refractivity contribution in [2.24, 2.45) is 0 Å². The number of halogens is 1. The molecule has 0 aliphatic heterocycles. The molecule has 184 valence electrons. The van der Waals surface area contributed by atoms with Crippen molar-refractivity contribution in [3.05, 3.63) is 100 Å². The Hall–Kier alpha value is -3.19. The van der Waals surface area contributed by atoms with Gasteiger partial charge in [0.05, 0.1) is 24.5 Å². The van der Waals surface area contributed by atoms with Gasteiger partial charge < -0.3 is 5.32 Å². The number of carbonyl (C=O) groups excluding carboxylic acids is 1. The van der Waals surface area contributed by atoms with Crippen LogP contribution >= 0.6 is 0 Å². The Morgan fingerprint density at radius 1 is 0.971 bits per heavy atom. The highest BCUT2D eigenvalue weighted by Crippen LogP contribution is 2.27. The van der Waals surface area contributed by atoms with E-state index < -0.39 is 10.0 Å². The molecule has 1 N–H and O–H groups in total. The Balaban J connectivity index is 1.49. The highest BCUT2D eigenvalue weighted by atomic mass is 32.2. The van der Waals surface area contributed by atoms with Crippen LogP contribution in [0.25, 0.3) is 0 Å². The summed E-state index contributed by atoms with van der Waals surface area (Å²) >= 11 is 0. The molecule has 4 rings (SSSR count). The SMILES string of the molecule is CCC(NC(=O)c1ccc(N(Cc2ccc(F)cc2)S(C)(=O)=O)cc1)c1ccc2c(c1)CCCC2. The maximum absolute atomic E-state index is 13.2. The van der Waals surface area contributed by atoms with Gasteiger partial charge in [-0.1, -0.05) is 37.3 Å². The van der Waals surface area contributed by atoms with Crippen LogP contribution in [0.5, 0.6) is 0 Å². The van der Waals surface area contributed by atoms with Gasteiger partial charge >= 0.3 is 0 Å². The van der Waals surface area contributed by atoms with Crippen LogP contribution in [0.4, 0.5) is 10.1 Å². The van der Waals surface area contributed by atoms with E-state index in [4.69, 9.17) is 0 Å². The molecule has 1 aliphatic rings. The number of amides is 1. The second kappa shape index (κ2) is 10.6. The number of aryl methyl sites for hydroxylation is 2. The Labute approximate surface area is 207 Å². The van der Waals surface area contributed by atoms with E-state index in [9.17, 15) is 17.6 Å². The van der Waals surface area contributed by atoms with E-state index in [0.717, 1.165) is 31.1 Å². The maximum atomic E-state index is 13.2. The van der Waals surface area contributed by atoms with E-state index in [1.807, 2.05) is 6.92 Å². The quantitative estimate of drug-likeness (QED) is 0.446. The summed E-state index contributed by atoms with van der Waals surface area (Å²) in [4.78, 5) is 13.0. The van der Waals surface area contributed by atoms with E-state index in [-0.39, 0.29) is 24.3 Å². The number of hydrogen-bond donors (Lipinski definition) is 1. The van der Waals surface area contributed by atoms with Gasteiger partial charge in [-0.3, -0.25) is 9.10 Å². The van der Waals surface area contributed by atoms with Crippen LogP contribution in [0.2, 0.25) is 0 Å². The van der Waals surface area contributed by atoms with Gasteiger partial charge in [0.15, 0.2) is 0 Å². The number of anilines is 1. The molecule has 35 heavy (non-hydrogen) atoms. The molecule has 7 heteroatoms. The average molecular weight is 495 g/mol. The van der Waals surface area contributed by atoms with E-state index in [2.05, 4.69) is 23.5 Å². The molecule has 0 bridgehead atoms. The van der Waals surface area contributed by atoms with Crippen molar-refractivity contribution >= 4 is 21.6 Å². The molecule has 3 aromatic rings. The lowest BCUT2D eigenvalue weighted by atomic mass is 9.88. The van der Waals surface area contributed by atoms with E-state index >= 15 is 0 Å². The number of fused-ring (bicyclic) bond motifs is 1. The predicted molar refractivity (Wildman–Crippen MR) is 137 cm³/mol. The van der Waals surface area contributed by atoms with Gasteiger partial charge in [-0.15, -0.1) is 0 Å². The number of benzene rings is 3. The summed E-state index contributed by atoms with van der Waals surface area (Å²) in [6.45, 7) is 2.12. The van der Waals surface area contributed by atoms with Crippen molar-refractivity contribution in [3.8, 4) is 0 Å². The molecule has 5 nitrogen and oxygen atoms in total. The molecule has 0 saturated heterocycles. The van der Waals surface area contributed by atoms with E-state index in [0.29, 0.717) is 16.8 Å². The molecule has 0 spiro atoms. The maximum Gasteiger partial charge on any atom is 0.251 e. The van der Waals surface area contributed by atoms with Crippen LogP contribution in [0.1, 0.15) is 64.8 Å². The smallest absolute Gasteiger partial charge is 0.251 e. The highest BCUT2D eigenvalue weighted by molar-refractivity contribution is 7.92. The zero-order valence-corrected chi connectivity index (χ0v) is 20.9. The van der Waals surface area contributed by atoms with Gasteiger partial charge in [0.1, 0.15) is 5.82 Å². The fourth-order valence-corrected chi connectivity index (χ4v) is 5.46. The summed E-state index contributed by atoms with van der Waals surface area (Å²) in [6.07, 6.45) is 6.54. The first-order valence-corrected chi connectivity index (χ1v) is 13.8. The van der Waals surface area contributed by atoms with Crippen molar-refractivity contribution in [3.63, 3.8) is 0 Å². The number of nitrogens with one attached hydrogen (secondary N) is 1. The summed E-state index contributed by atoms with van der Waals surface area (Å²) < 4.78 is 39.3. The molecule has 0 fully saturated rings. The largest absolute Gasteiger partial charge is 0.345 e. The van der Waals surface area contributed by atoms with Gasteiger partial charge in [0, 0.05) is 5.56 Å². The molecule has 0 saturated carbocycles. The van der Waals surface area contributed by atoms with E-state index in [1.165, 1.54) is 40.4 Å². The second-order valence-corrected chi connectivity index (χ2v) is 11.0. The van der Waals surface area contributed by atoms with E-state index in [1.54, 1.807) is 36.4 Å². The summed E-state index contributed by atoms with van der Waals surface area (Å²) in [7, 11) is -3.59. The number of hydrogen-bond acceptors (Lipinski definition) is 3. The first-order valence-electron chi connectivity index (χ1n) is 12.0. The Morgan fingerprint density at radius 3 is 2.26 bits per heavy atom. The third-order valence-corrected chi connectivity index (χ3v) is 7.69. The summed E-state index contributed by atoms with van der Waals surface area (Å²) in [5, 5.41) is 3.12. The Bertz CT molecular complexity index is 1290. The van der Waals surface area contributed by atoms with Crippen LogP contribution in [-0.4, -0.2) is 20.6 Å².